The van der Waals surface area contributed by atoms with Crippen molar-refractivity contribution in [3.63, 3.8) is 0 Å². The highest BCUT2D eigenvalue weighted by molar-refractivity contribution is 5.75. The zero-order valence-corrected chi connectivity index (χ0v) is 15.0. The van der Waals surface area contributed by atoms with Crippen LogP contribution in [0.4, 0.5) is 0 Å². The number of hydrogen-bond acceptors (Lipinski definition) is 3. The summed E-state index contributed by atoms with van der Waals surface area (Å²) < 4.78 is 4.80. The Labute approximate surface area is 131 Å². The van der Waals surface area contributed by atoms with Crippen LogP contribution in [0.15, 0.2) is 0 Å². The molecule has 0 spiro atoms. The smallest absolute Gasteiger partial charge is 0.311 e. The summed E-state index contributed by atoms with van der Waals surface area (Å²) in [4.78, 5) is 11.5. The Morgan fingerprint density at radius 1 is 0.952 bits per heavy atom. The van der Waals surface area contributed by atoms with Gasteiger partial charge in [0.2, 0.25) is 0 Å². The van der Waals surface area contributed by atoms with Crippen molar-refractivity contribution in [2.75, 3.05) is 7.11 Å². The fraction of sp³-hybridized carbons (Fsp3) is 0.944. The first-order valence-electron chi connectivity index (χ1n) is 8.35. The highest BCUT2D eigenvalue weighted by Crippen LogP contribution is 2.26. The van der Waals surface area contributed by atoms with Crippen molar-refractivity contribution < 1.29 is 14.6 Å². The van der Waals surface area contributed by atoms with Crippen LogP contribution in [-0.2, 0) is 9.53 Å². The molecule has 0 saturated carbocycles. The third-order valence-electron chi connectivity index (χ3n) is 4.04. The van der Waals surface area contributed by atoms with E-state index in [1.54, 1.807) is 0 Å². The molecule has 1 atom stereocenters. The van der Waals surface area contributed by atoms with Gasteiger partial charge in [-0.15, -0.1) is 0 Å². The first kappa shape index (κ1) is 20.4. The second-order valence-corrected chi connectivity index (χ2v) is 8.08. The minimum absolute atomic E-state index is 0.148. The third kappa shape index (κ3) is 10.8. The fourth-order valence-corrected chi connectivity index (χ4v) is 2.50. The van der Waals surface area contributed by atoms with Crippen molar-refractivity contribution in [1.29, 1.82) is 0 Å². The lowest BCUT2D eigenvalue weighted by molar-refractivity contribution is -0.151. The van der Waals surface area contributed by atoms with Crippen LogP contribution < -0.4 is 0 Å². The van der Waals surface area contributed by atoms with Gasteiger partial charge >= 0.3 is 5.97 Å². The molecule has 0 amide bonds. The number of ether oxygens (including phenoxy) is 1. The van der Waals surface area contributed by atoms with Gasteiger partial charge in [-0.25, -0.2) is 0 Å². The van der Waals surface area contributed by atoms with E-state index < -0.39 is 5.41 Å². The summed E-state index contributed by atoms with van der Waals surface area (Å²) >= 11 is 0. The van der Waals surface area contributed by atoms with Crippen molar-refractivity contribution in [1.82, 2.24) is 0 Å². The number of hydrogen-bond donors (Lipinski definition) is 1. The van der Waals surface area contributed by atoms with Gasteiger partial charge in [0.15, 0.2) is 0 Å². The first-order chi connectivity index (χ1) is 9.58. The Bertz CT molecular complexity index is 289. The average molecular weight is 300 g/mol. The molecule has 0 aliphatic rings. The number of carbonyl (C=O) groups excluding carboxylic acids is 1. The predicted octanol–water partition coefficient (Wildman–Crippen LogP) is 4.71. The van der Waals surface area contributed by atoms with E-state index >= 15 is 0 Å². The van der Waals surface area contributed by atoms with Crippen LogP contribution in [0.5, 0.6) is 0 Å². The number of esters is 1. The monoisotopic (exact) mass is 300 g/mol. The van der Waals surface area contributed by atoms with E-state index in [-0.39, 0.29) is 12.1 Å². The molecule has 0 heterocycles. The summed E-state index contributed by atoms with van der Waals surface area (Å²) in [6, 6.07) is 0. The maximum absolute atomic E-state index is 11.5. The van der Waals surface area contributed by atoms with Crippen LogP contribution in [0.2, 0.25) is 0 Å². The fourth-order valence-electron chi connectivity index (χ4n) is 2.50. The molecule has 0 bridgehead atoms. The van der Waals surface area contributed by atoms with Crippen LogP contribution in [0.25, 0.3) is 0 Å². The minimum atomic E-state index is -0.410. The topological polar surface area (TPSA) is 46.5 Å². The molecule has 0 saturated heterocycles. The maximum Gasteiger partial charge on any atom is 0.311 e. The van der Waals surface area contributed by atoms with Crippen LogP contribution in [0.1, 0.15) is 86.0 Å². The molecule has 126 valence electrons. The summed E-state index contributed by atoms with van der Waals surface area (Å²) in [5.74, 6) is -0.148. The Balaban J connectivity index is 3.67. The molecular formula is C18H36O3. The Morgan fingerprint density at radius 3 is 1.86 bits per heavy atom. The number of unbranched alkanes of at least 4 members (excludes halogenated alkanes) is 2. The highest BCUT2D eigenvalue weighted by Gasteiger charge is 2.27. The molecule has 0 aliphatic heterocycles. The Hall–Kier alpha value is -0.570. The lowest BCUT2D eigenvalue weighted by Gasteiger charge is -2.21. The number of aliphatic hydroxyl groups is 1. The van der Waals surface area contributed by atoms with Gasteiger partial charge in [-0.3, -0.25) is 4.79 Å². The molecule has 0 aromatic heterocycles. The molecule has 0 radical (unpaired) electrons. The number of rotatable bonds is 10. The highest BCUT2D eigenvalue weighted by atomic mass is 16.5. The first-order valence-corrected chi connectivity index (χ1v) is 8.35. The molecule has 0 aromatic carbocycles. The van der Waals surface area contributed by atoms with Gasteiger partial charge in [-0.05, 0) is 44.9 Å². The zero-order chi connectivity index (χ0) is 16.5. The van der Waals surface area contributed by atoms with Gasteiger partial charge in [0.05, 0.1) is 18.6 Å². The molecule has 1 N–H and O–H groups in total. The second-order valence-electron chi connectivity index (χ2n) is 8.08. The maximum atomic E-state index is 11.5. The van der Waals surface area contributed by atoms with E-state index in [4.69, 9.17) is 4.74 Å². The molecule has 1 unspecified atom stereocenters. The van der Waals surface area contributed by atoms with Crippen molar-refractivity contribution >= 4 is 5.97 Å². The van der Waals surface area contributed by atoms with Crippen molar-refractivity contribution in [3.05, 3.63) is 0 Å². The summed E-state index contributed by atoms with van der Waals surface area (Å²) in [5.41, 5.74) is -0.0170. The van der Waals surface area contributed by atoms with Gasteiger partial charge < -0.3 is 9.84 Å². The Kier molecular flexibility index (Phi) is 9.19. The van der Waals surface area contributed by atoms with Crippen LogP contribution in [-0.4, -0.2) is 24.3 Å². The SMILES string of the molecule is COC(=O)C(C)(C)CCCCC(O)CCCCC(C)(C)C. The molecule has 21 heavy (non-hydrogen) atoms. The van der Waals surface area contributed by atoms with E-state index in [2.05, 4.69) is 20.8 Å². The summed E-state index contributed by atoms with van der Waals surface area (Å²) in [7, 11) is 1.44. The minimum Gasteiger partial charge on any atom is -0.469 e. The normalized spacial score (nSPS) is 14.0. The standard InChI is InChI=1S/C18H36O3/c1-17(2,3)13-9-7-11-15(19)12-8-10-14-18(4,5)16(20)21-6/h15,19H,7-14H2,1-6H3. The largest absolute Gasteiger partial charge is 0.469 e. The molecule has 3 heteroatoms. The molecule has 3 nitrogen and oxygen atoms in total. The summed E-state index contributed by atoms with van der Waals surface area (Å²) in [6.45, 7) is 10.6. The lowest BCUT2D eigenvalue weighted by atomic mass is 9.86. The van der Waals surface area contributed by atoms with Crippen LogP contribution in [0, 0.1) is 10.8 Å². The second kappa shape index (κ2) is 9.45. The van der Waals surface area contributed by atoms with Gasteiger partial charge in [-0.1, -0.05) is 46.5 Å². The Morgan fingerprint density at radius 2 is 1.43 bits per heavy atom. The van der Waals surface area contributed by atoms with Crippen molar-refractivity contribution in [2.45, 2.75) is 92.1 Å². The van der Waals surface area contributed by atoms with Gasteiger partial charge in [0.1, 0.15) is 0 Å². The number of methoxy groups -OCH3 is 1. The van der Waals surface area contributed by atoms with Gasteiger partial charge in [-0.2, -0.15) is 0 Å². The van der Waals surface area contributed by atoms with Crippen molar-refractivity contribution in [3.8, 4) is 0 Å². The van der Waals surface area contributed by atoms with E-state index in [1.165, 1.54) is 20.0 Å². The van der Waals surface area contributed by atoms with E-state index in [0.717, 1.165) is 38.5 Å². The molecule has 0 aliphatic carbocycles. The quantitative estimate of drug-likeness (QED) is 0.469. The molecule has 0 fully saturated rings. The predicted molar refractivity (Wildman–Crippen MR) is 88.2 cm³/mol. The van der Waals surface area contributed by atoms with E-state index in [1.807, 2.05) is 13.8 Å². The zero-order valence-electron chi connectivity index (χ0n) is 15.0. The molecule has 0 aromatic rings. The molecule has 0 rings (SSSR count). The van der Waals surface area contributed by atoms with Crippen molar-refractivity contribution in [2.24, 2.45) is 10.8 Å². The van der Waals surface area contributed by atoms with Gasteiger partial charge in [0.25, 0.3) is 0 Å². The number of aliphatic hydroxyl groups excluding tert-OH is 1. The van der Waals surface area contributed by atoms with Gasteiger partial charge in [0, 0.05) is 0 Å². The van der Waals surface area contributed by atoms with E-state index in [0.29, 0.717) is 5.41 Å². The van der Waals surface area contributed by atoms with E-state index in [9.17, 15) is 9.90 Å². The molecular weight excluding hydrogens is 264 g/mol. The van der Waals surface area contributed by atoms with Crippen LogP contribution >= 0.6 is 0 Å². The summed E-state index contributed by atoms with van der Waals surface area (Å²) in [6.07, 6.45) is 7.81. The number of carbonyl (C=O) groups is 1. The average Bonchev–Trinajstić information content (AvgIpc) is 2.37. The van der Waals surface area contributed by atoms with Crippen LogP contribution in [0.3, 0.4) is 0 Å². The third-order valence-corrected chi connectivity index (χ3v) is 4.04. The lowest BCUT2D eigenvalue weighted by Crippen LogP contribution is -2.25. The summed E-state index contributed by atoms with van der Waals surface area (Å²) in [5, 5.41) is 9.97.